The van der Waals surface area contributed by atoms with Crippen molar-refractivity contribution in [2.24, 2.45) is 0 Å². The largest absolute Gasteiger partial charge is 0.416 e. The van der Waals surface area contributed by atoms with Crippen molar-refractivity contribution in [2.75, 3.05) is 30.8 Å². The summed E-state index contributed by atoms with van der Waals surface area (Å²) in [5, 5.41) is 4.59. The Morgan fingerprint density at radius 2 is 1.13 bits per heavy atom. The zero-order chi connectivity index (χ0) is 22.5. The second-order valence-electron chi connectivity index (χ2n) is 6.43. The van der Waals surface area contributed by atoms with Gasteiger partial charge in [0.15, 0.2) is 0 Å². The van der Waals surface area contributed by atoms with Gasteiger partial charge in [-0.2, -0.15) is 26.3 Å². The third kappa shape index (κ3) is 7.07. The predicted octanol–water partition coefficient (Wildman–Crippen LogP) is 4.23. The number of nitrogens with zero attached hydrogens (tertiary/aromatic N) is 1. The normalized spacial score (nSPS) is 12.0. The minimum atomic E-state index is -4.56. The number of benzene rings is 2. The molecule has 0 atom stereocenters. The zero-order valence-corrected chi connectivity index (χ0v) is 15.6. The SMILES string of the molecule is CN(CC(=O)Nc1cccc(C(F)(F)F)c1)CC(=O)Nc1cccc(C(F)(F)F)c1. The molecule has 0 unspecified atom stereocenters. The predicted molar refractivity (Wildman–Crippen MR) is 97.6 cm³/mol. The number of rotatable bonds is 6. The molecule has 5 nitrogen and oxygen atoms in total. The molecule has 0 saturated heterocycles. The molecule has 0 radical (unpaired) electrons. The van der Waals surface area contributed by atoms with Gasteiger partial charge in [0.2, 0.25) is 11.8 Å². The van der Waals surface area contributed by atoms with Gasteiger partial charge in [0, 0.05) is 11.4 Å². The molecule has 0 aliphatic rings. The molecular formula is C19H17F6N3O2. The van der Waals surface area contributed by atoms with Crippen LogP contribution in [0.25, 0.3) is 0 Å². The van der Waals surface area contributed by atoms with E-state index in [0.717, 1.165) is 36.4 Å². The van der Waals surface area contributed by atoms with Gasteiger partial charge in [-0.15, -0.1) is 0 Å². The van der Waals surface area contributed by atoms with E-state index in [4.69, 9.17) is 0 Å². The average molecular weight is 433 g/mol. The highest BCUT2D eigenvalue weighted by Gasteiger charge is 2.31. The second-order valence-corrected chi connectivity index (χ2v) is 6.43. The molecular weight excluding hydrogens is 416 g/mol. The van der Waals surface area contributed by atoms with Crippen LogP contribution in [-0.4, -0.2) is 36.9 Å². The van der Waals surface area contributed by atoms with Crippen LogP contribution < -0.4 is 10.6 Å². The summed E-state index contributed by atoms with van der Waals surface area (Å²) in [7, 11) is 1.40. The van der Waals surface area contributed by atoms with Gasteiger partial charge in [0.1, 0.15) is 0 Å². The van der Waals surface area contributed by atoms with E-state index >= 15 is 0 Å². The lowest BCUT2D eigenvalue weighted by atomic mass is 10.2. The van der Waals surface area contributed by atoms with Crippen molar-refractivity contribution in [3.63, 3.8) is 0 Å². The number of likely N-dealkylation sites (N-methyl/N-ethyl adjacent to an activating group) is 1. The first kappa shape index (κ1) is 23.2. The second kappa shape index (κ2) is 9.16. The van der Waals surface area contributed by atoms with Crippen LogP contribution in [0, 0.1) is 0 Å². The molecule has 0 aliphatic heterocycles. The Hall–Kier alpha value is -3.08. The number of nitrogens with one attached hydrogen (secondary N) is 2. The summed E-state index contributed by atoms with van der Waals surface area (Å²) in [4.78, 5) is 25.2. The van der Waals surface area contributed by atoms with E-state index in [-0.39, 0.29) is 24.5 Å². The van der Waals surface area contributed by atoms with Gasteiger partial charge in [0.05, 0.1) is 24.2 Å². The first-order valence-corrected chi connectivity index (χ1v) is 8.47. The molecule has 2 N–H and O–H groups in total. The minimum Gasteiger partial charge on any atom is -0.325 e. The van der Waals surface area contributed by atoms with Crippen molar-refractivity contribution in [3.05, 3.63) is 59.7 Å². The molecule has 2 rings (SSSR count). The fourth-order valence-electron chi connectivity index (χ4n) is 2.49. The number of carbonyl (C=O) groups is 2. The summed E-state index contributed by atoms with van der Waals surface area (Å²) < 4.78 is 76.2. The summed E-state index contributed by atoms with van der Waals surface area (Å²) in [6.07, 6.45) is -9.11. The van der Waals surface area contributed by atoms with Gasteiger partial charge in [0.25, 0.3) is 0 Å². The lowest BCUT2D eigenvalue weighted by molar-refractivity contribution is -0.138. The number of alkyl halides is 6. The Labute approximate surface area is 167 Å². The molecule has 0 spiro atoms. The van der Waals surface area contributed by atoms with Crippen molar-refractivity contribution in [3.8, 4) is 0 Å². The van der Waals surface area contributed by atoms with Gasteiger partial charge >= 0.3 is 12.4 Å². The topological polar surface area (TPSA) is 61.4 Å². The molecule has 30 heavy (non-hydrogen) atoms. The van der Waals surface area contributed by atoms with E-state index in [2.05, 4.69) is 10.6 Å². The molecule has 0 saturated carbocycles. The monoisotopic (exact) mass is 433 g/mol. The number of anilines is 2. The quantitative estimate of drug-likeness (QED) is 0.671. The maximum Gasteiger partial charge on any atom is 0.416 e. The van der Waals surface area contributed by atoms with Crippen LogP contribution in [0.2, 0.25) is 0 Å². The Balaban J connectivity index is 1.89. The smallest absolute Gasteiger partial charge is 0.325 e. The summed E-state index contributed by atoms with van der Waals surface area (Å²) in [5.41, 5.74) is -1.96. The lowest BCUT2D eigenvalue weighted by Gasteiger charge is -2.17. The van der Waals surface area contributed by atoms with Crippen LogP contribution in [0.4, 0.5) is 37.7 Å². The van der Waals surface area contributed by atoms with Gasteiger partial charge in [-0.05, 0) is 43.4 Å². The molecule has 162 valence electrons. The minimum absolute atomic E-state index is 0.0587. The standard InChI is InChI=1S/C19H17F6N3O2/c1-28(10-16(29)26-14-6-2-4-12(8-14)18(20,21)22)11-17(30)27-15-7-3-5-13(9-15)19(23,24)25/h2-9H,10-11H2,1H3,(H,26,29)(H,27,30). The summed E-state index contributed by atoms with van der Waals surface area (Å²) in [6, 6.07) is 8.13. The molecule has 2 aromatic rings. The Morgan fingerprint density at radius 1 is 0.767 bits per heavy atom. The van der Waals surface area contributed by atoms with Gasteiger partial charge < -0.3 is 10.6 Å². The van der Waals surface area contributed by atoms with Crippen LogP contribution in [0.5, 0.6) is 0 Å². The number of hydrogen-bond acceptors (Lipinski definition) is 3. The maximum atomic E-state index is 12.7. The fraction of sp³-hybridized carbons (Fsp3) is 0.263. The van der Waals surface area contributed by atoms with Crippen LogP contribution in [0.15, 0.2) is 48.5 Å². The Bertz CT molecular complexity index is 838. The third-order valence-electron chi connectivity index (χ3n) is 3.77. The molecule has 0 bridgehead atoms. The highest BCUT2D eigenvalue weighted by atomic mass is 19.4. The van der Waals surface area contributed by atoms with E-state index in [1.54, 1.807) is 0 Å². The molecule has 0 aliphatic carbocycles. The van der Waals surface area contributed by atoms with E-state index in [0.29, 0.717) is 0 Å². The zero-order valence-electron chi connectivity index (χ0n) is 15.6. The molecule has 2 amide bonds. The van der Waals surface area contributed by atoms with E-state index in [1.807, 2.05) is 0 Å². The number of carbonyl (C=O) groups excluding carboxylic acids is 2. The molecule has 2 aromatic carbocycles. The summed E-state index contributed by atoms with van der Waals surface area (Å²) >= 11 is 0. The van der Waals surface area contributed by atoms with Gasteiger partial charge in [-0.25, -0.2) is 0 Å². The first-order chi connectivity index (χ1) is 13.8. The fourth-order valence-corrected chi connectivity index (χ4v) is 2.49. The van der Waals surface area contributed by atoms with Crippen LogP contribution in [0.1, 0.15) is 11.1 Å². The molecule has 0 heterocycles. The number of hydrogen-bond donors (Lipinski definition) is 2. The van der Waals surface area contributed by atoms with E-state index < -0.39 is 35.3 Å². The highest BCUT2D eigenvalue weighted by molar-refractivity contribution is 5.94. The van der Waals surface area contributed by atoms with Crippen LogP contribution in [-0.2, 0) is 21.9 Å². The Kier molecular flexibility index (Phi) is 7.08. The van der Waals surface area contributed by atoms with Crippen LogP contribution in [0.3, 0.4) is 0 Å². The summed E-state index contributed by atoms with van der Waals surface area (Å²) in [5.74, 6) is -1.33. The number of halogens is 6. The van der Waals surface area contributed by atoms with Crippen molar-refractivity contribution in [1.82, 2.24) is 4.90 Å². The van der Waals surface area contributed by atoms with Crippen molar-refractivity contribution in [1.29, 1.82) is 0 Å². The first-order valence-electron chi connectivity index (χ1n) is 8.47. The summed E-state index contributed by atoms with van der Waals surface area (Å²) in [6.45, 7) is -0.654. The maximum absolute atomic E-state index is 12.7. The van der Waals surface area contributed by atoms with Crippen molar-refractivity contribution in [2.45, 2.75) is 12.4 Å². The van der Waals surface area contributed by atoms with Crippen molar-refractivity contribution < 1.29 is 35.9 Å². The third-order valence-corrected chi connectivity index (χ3v) is 3.77. The molecule has 0 aromatic heterocycles. The lowest BCUT2D eigenvalue weighted by Crippen LogP contribution is -2.36. The van der Waals surface area contributed by atoms with E-state index in [9.17, 15) is 35.9 Å². The highest BCUT2D eigenvalue weighted by Crippen LogP contribution is 2.31. The van der Waals surface area contributed by atoms with Gasteiger partial charge in [-0.1, -0.05) is 12.1 Å². The van der Waals surface area contributed by atoms with Crippen molar-refractivity contribution >= 4 is 23.2 Å². The van der Waals surface area contributed by atoms with Gasteiger partial charge in [-0.3, -0.25) is 14.5 Å². The van der Waals surface area contributed by atoms with Crippen LogP contribution >= 0.6 is 0 Å². The van der Waals surface area contributed by atoms with E-state index in [1.165, 1.54) is 24.1 Å². The molecule has 0 fully saturated rings. The Morgan fingerprint density at radius 3 is 1.47 bits per heavy atom. The number of amides is 2. The average Bonchev–Trinajstić information content (AvgIpc) is 2.60. The molecule has 11 heteroatoms.